The molecule has 1 N–H and O–H groups in total. The smallest absolute Gasteiger partial charge is 0.335 e. The molecule has 2 aromatic carbocycles. The third-order valence-electron chi connectivity index (χ3n) is 8.56. The van der Waals surface area contributed by atoms with Crippen molar-refractivity contribution in [3.63, 3.8) is 0 Å². The van der Waals surface area contributed by atoms with Crippen LogP contribution in [-0.2, 0) is 11.3 Å². The van der Waals surface area contributed by atoms with E-state index in [0.29, 0.717) is 18.0 Å². The summed E-state index contributed by atoms with van der Waals surface area (Å²) >= 11 is 0. The molecule has 0 saturated carbocycles. The summed E-state index contributed by atoms with van der Waals surface area (Å²) in [7, 11) is 0. The fourth-order valence-corrected chi connectivity index (χ4v) is 6.24. The first kappa shape index (κ1) is 23.9. The highest BCUT2D eigenvalue weighted by Gasteiger charge is 2.55. The second-order valence-electron chi connectivity index (χ2n) is 10.9. The van der Waals surface area contributed by atoms with Crippen LogP contribution in [0.5, 0.6) is 5.75 Å². The molecule has 2 fully saturated rings. The standard InChI is InChI=1S/C29H36N2O4/c1-19(2)29(17-26-31(28(29)34)18-24-15-20(3)7-8-25(24)35-26)11-14-30-12-9-21(10-13-30)22-5-4-6-23(16-22)27(32)33/h4-8,15-16,19,21,26H,9-14,17-18H2,1-3H3,(H,32,33). The molecule has 3 aliphatic rings. The Labute approximate surface area is 207 Å². The molecule has 0 spiro atoms. The lowest BCUT2D eigenvalue weighted by Crippen LogP contribution is -2.43. The molecule has 5 rings (SSSR count). The van der Waals surface area contributed by atoms with Gasteiger partial charge in [0.1, 0.15) is 5.75 Å². The van der Waals surface area contributed by atoms with Crippen LogP contribution in [0.2, 0.25) is 0 Å². The Balaban J connectivity index is 1.22. The van der Waals surface area contributed by atoms with E-state index in [1.165, 1.54) is 5.56 Å². The van der Waals surface area contributed by atoms with Crippen LogP contribution in [0.4, 0.5) is 0 Å². The van der Waals surface area contributed by atoms with Gasteiger partial charge in [0.15, 0.2) is 6.23 Å². The SMILES string of the molecule is Cc1ccc2c(c1)CN1C(=O)C(CCN3CCC(c4cccc(C(=O)O)c4)CC3)(C(C)C)CC1O2. The largest absolute Gasteiger partial charge is 0.478 e. The Hall–Kier alpha value is -2.86. The molecule has 2 atom stereocenters. The minimum Gasteiger partial charge on any atom is -0.478 e. The van der Waals surface area contributed by atoms with Gasteiger partial charge in [-0.25, -0.2) is 4.79 Å². The van der Waals surface area contributed by atoms with Gasteiger partial charge < -0.3 is 19.6 Å². The maximum atomic E-state index is 13.8. The summed E-state index contributed by atoms with van der Waals surface area (Å²) in [6, 6.07) is 13.6. The molecule has 0 radical (unpaired) electrons. The number of carboxylic acids is 1. The Morgan fingerprint density at radius 2 is 1.94 bits per heavy atom. The summed E-state index contributed by atoms with van der Waals surface area (Å²) in [5, 5.41) is 9.31. The Morgan fingerprint density at radius 3 is 2.66 bits per heavy atom. The molecule has 35 heavy (non-hydrogen) atoms. The van der Waals surface area contributed by atoms with Crippen LogP contribution in [0.25, 0.3) is 0 Å². The van der Waals surface area contributed by atoms with Crippen LogP contribution in [0.1, 0.15) is 72.5 Å². The van der Waals surface area contributed by atoms with E-state index < -0.39 is 11.4 Å². The molecular weight excluding hydrogens is 440 g/mol. The van der Waals surface area contributed by atoms with Gasteiger partial charge in [0.25, 0.3) is 0 Å². The van der Waals surface area contributed by atoms with E-state index in [9.17, 15) is 14.7 Å². The summed E-state index contributed by atoms with van der Waals surface area (Å²) in [6.45, 7) is 9.90. The molecular formula is C29H36N2O4. The third-order valence-corrected chi connectivity index (χ3v) is 8.56. The second-order valence-corrected chi connectivity index (χ2v) is 10.9. The first-order valence-corrected chi connectivity index (χ1v) is 12.9. The van der Waals surface area contributed by atoms with Gasteiger partial charge in [-0.3, -0.25) is 4.79 Å². The van der Waals surface area contributed by atoms with Crippen LogP contribution in [-0.4, -0.2) is 52.6 Å². The summed E-state index contributed by atoms with van der Waals surface area (Å²) in [6.07, 6.45) is 3.44. The normalized spacial score (nSPS) is 24.9. The third kappa shape index (κ3) is 4.44. The number of hydrogen-bond acceptors (Lipinski definition) is 4. The fraction of sp³-hybridized carbons (Fsp3) is 0.517. The van der Waals surface area contributed by atoms with Gasteiger partial charge in [-0.05, 0) is 81.4 Å². The highest BCUT2D eigenvalue weighted by Crippen LogP contribution is 2.48. The zero-order valence-corrected chi connectivity index (χ0v) is 21.0. The molecule has 1 amide bonds. The fourth-order valence-electron chi connectivity index (χ4n) is 6.24. The molecule has 3 aliphatic heterocycles. The molecule has 0 aromatic heterocycles. The molecule has 0 aliphatic carbocycles. The Kier molecular flexibility index (Phi) is 6.34. The summed E-state index contributed by atoms with van der Waals surface area (Å²) < 4.78 is 6.32. The van der Waals surface area contributed by atoms with E-state index >= 15 is 0 Å². The highest BCUT2D eigenvalue weighted by molar-refractivity contribution is 5.87. The summed E-state index contributed by atoms with van der Waals surface area (Å²) in [5.74, 6) is 0.915. The lowest BCUT2D eigenvalue weighted by Gasteiger charge is -2.37. The molecule has 3 heterocycles. The van der Waals surface area contributed by atoms with Crippen LogP contribution in [0, 0.1) is 18.3 Å². The highest BCUT2D eigenvalue weighted by atomic mass is 16.5. The van der Waals surface area contributed by atoms with Gasteiger partial charge in [-0.15, -0.1) is 0 Å². The number of hydrogen-bond donors (Lipinski definition) is 1. The maximum absolute atomic E-state index is 13.8. The zero-order chi connectivity index (χ0) is 24.7. The Bertz CT molecular complexity index is 1120. The molecule has 2 aromatic rings. The molecule has 6 heteroatoms. The number of benzene rings is 2. The van der Waals surface area contributed by atoms with Crippen LogP contribution < -0.4 is 4.74 Å². The summed E-state index contributed by atoms with van der Waals surface area (Å²) in [5.41, 5.74) is 3.38. The van der Waals surface area contributed by atoms with Crippen molar-refractivity contribution in [1.29, 1.82) is 0 Å². The van der Waals surface area contributed by atoms with E-state index in [1.54, 1.807) is 6.07 Å². The number of rotatable bonds is 6. The van der Waals surface area contributed by atoms with Gasteiger partial charge in [0.05, 0.1) is 17.5 Å². The minimum atomic E-state index is -0.872. The maximum Gasteiger partial charge on any atom is 0.335 e. The van der Waals surface area contributed by atoms with E-state index in [-0.39, 0.29) is 18.1 Å². The number of nitrogens with zero attached hydrogens (tertiary/aromatic N) is 2. The molecule has 2 saturated heterocycles. The van der Waals surface area contributed by atoms with Gasteiger partial charge in [0, 0.05) is 12.0 Å². The number of carboxylic acid groups (broad SMARTS) is 1. The van der Waals surface area contributed by atoms with E-state index in [2.05, 4.69) is 37.8 Å². The molecule has 0 bridgehead atoms. The Morgan fingerprint density at radius 1 is 1.17 bits per heavy atom. The van der Waals surface area contributed by atoms with Gasteiger partial charge in [-0.1, -0.05) is 43.7 Å². The molecule has 186 valence electrons. The first-order valence-electron chi connectivity index (χ1n) is 12.9. The van der Waals surface area contributed by atoms with Crippen LogP contribution in [0.3, 0.4) is 0 Å². The van der Waals surface area contributed by atoms with Crippen molar-refractivity contribution >= 4 is 11.9 Å². The lowest BCUT2D eigenvalue weighted by atomic mass is 9.72. The number of likely N-dealkylation sites (tertiary alicyclic amines) is 1. The molecule has 6 nitrogen and oxygen atoms in total. The first-order chi connectivity index (χ1) is 16.8. The van der Waals surface area contributed by atoms with Gasteiger partial charge >= 0.3 is 5.97 Å². The van der Waals surface area contributed by atoms with E-state index in [0.717, 1.165) is 62.2 Å². The number of ether oxygens (including phenoxy) is 1. The topological polar surface area (TPSA) is 70.1 Å². The van der Waals surface area contributed by atoms with Crippen molar-refractivity contribution in [2.75, 3.05) is 19.6 Å². The number of carbonyl (C=O) groups is 2. The predicted molar refractivity (Wildman–Crippen MR) is 134 cm³/mol. The van der Waals surface area contributed by atoms with Crippen molar-refractivity contribution in [2.24, 2.45) is 11.3 Å². The van der Waals surface area contributed by atoms with Gasteiger partial charge in [-0.2, -0.15) is 0 Å². The number of carbonyl (C=O) groups excluding carboxylic acids is 1. The number of aryl methyl sites for hydroxylation is 1. The number of aromatic carboxylic acids is 1. The predicted octanol–water partition coefficient (Wildman–Crippen LogP) is 5.06. The van der Waals surface area contributed by atoms with Gasteiger partial charge in [0.2, 0.25) is 5.91 Å². The van der Waals surface area contributed by atoms with Crippen molar-refractivity contribution in [3.8, 4) is 5.75 Å². The van der Waals surface area contributed by atoms with E-state index in [4.69, 9.17) is 4.74 Å². The van der Waals surface area contributed by atoms with Crippen LogP contribution in [0.15, 0.2) is 42.5 Å². The van der Waals surface area contributed by atoms with E-state index in [1.807, 2.05) is 29.2 Å². The number of amides is 1. The molecule has 2 unspecified atom stereocenters. The lowest BCUT2D eigenvalue weighted by molar-refractivity contribution is -0.142. The number of piperidine rings is 1. The average molecular weight is 477 g/mol. The van der Waals surface area contributed by atoms with Crippen LogP contribution >= 0.6 is 0 Å². The van der Waals surface area contributed by atoms with Crippen molar-refractivity contribution in [1.82, 2.24) is 9.80 Å². The average Bonchev–Trinajstić information content (AvgIpc) is 3.13. The quantitative estimate of drug-likeness (QED) is 0.631. The second kappa shape index (κ2) is 9.30. The zero-order valence-electron chi connectivity index (χ0n) is 21.0. The monoisotopic (exact) mass is 476 g/mol. The van der Waals surface area contributed by atoms with Crippen molar-refractivity contribution in [3.05, 3.63) is 64.7 Å². The number of fused-ring (bicyclic) bond motifs is 2. The minimum absolute atomic E-state index is 0.174. The van der Waals surface area contributed by atoms with Crippen molar-refractivity contribution < 1.29 is 19.4 Å². The van der Waals surface area contributed by atoms with Crippen molar-refractivity contribution in [2.45, 2.75) is 65.1 Å². The summed E-state index contributed by atoms with van der Waals surface area (Å²) in [4.78, 5) is 29.5.